The van der Waals surface area contributed by atoms with Gasteiger partial charge in [-0.05, 0) is 36.2 Å². The van der Waals surface area contributed by atoms with E-state index in [1.165, 1.54) is 24.4 Å². The summed E-state index contributed by atoms with van der Waals surface area (Å²) in [4.78, 5) is 36.4. The monoisotopic (exact) mass is 391 g/mol. The molecule has 0 N–H and O–H groups in total. The zero-order valence-electron chi connectivity index (χ0n) is 15.3. The van der Waals surface area contributed by atoms with Gasteiger partial charge in [0.1, 0.15) is 12.4 Å². The minimum absolute atomic E-state index is 0.0256. The van der Waals surface area contributed by atoms with E-state index in [1.807, 2.05) is 0 Å². The lowest BCUT2D eigenvalue weighted by Gasteiger charge is -2.37. The molecule has 0 radical (unpaired) electrons. The smallest absolute Gasteiger partial charge is 0.270 e. The van der Waals surface area contributed by atoms with Crippen LogP contribution in [0, 0.1) is 58.0 Å². The molecule has 1 aliphatic heterocycles. The Hall–Kier alpha value is -3.47. The summed E-state index contributed by atoms with van der Waals surface area (Å²) in [6.45, 7) is -0.0256. The van der Waals surface area contributed by atoms with Gasteiger partial charge in [-0.25, -0.2) is 0 Å². The third-order valence-corrected chi connectivity index (χ3v) is 6.47. The average molecular weight is 391 g/mol. The number of ether oxygens (including phenoxy) is 1. The maximum absolute atomic E-state index is 12.9. The van der Waals surface area contributed by atoms with Gasteiger partial charge in [0, 0.05) is 17.7 Å². The van der Waals surface area contributed by atoms with Gasteiger partial charge in [0.15, 0.2) is 0 Å². The highest BCUT2D eigenvalue weighted by molar-refractivity contribution is 6.06. The van der Waals surface area contributed by atoms with Crippen LogP contribution >= 0.6 is 0 Å². The summed E-state index contributed by atoms with van der Waals surface area (Å²) in [5.74, 6) is 2.57. The molecule has 2 bridgehead atoms. The number of hydrazone groups is 1. The molecule has 146 valence electrons. The average Bonchev–Trinajstić information content (AvgIpc) is 3.50. The van der Waals surface area contributed by atoms with Crippen LogP contribution in [-0.4, -0.2) is 34.6 Å². The van der Waals surface area contributed by atoms with Crippen LogP contribution < -0.4 is 4.74 Å². The first kappa shape index (κ1) is 17.6. The fraction of sp³-hybridized carbons (Fsp3) is 0.381. The first-order valence-corrected chi connectivity index (χ1v) is 9.46. The Bertz CT molecular complexity index is 1000. The van der Waals surface area contributed by atoms with Crippen LogP contribution in [0.5, 0.6) is 5.75 Å². The summed E-state index contributed by atoms with van der Waals surface area (Å²) in [5.41, 5.74) is 0.114. The van der Waals surface area contributed by atoms with Crippen molar-refractivity contribution >= 4 is 23.7 Å². The van der Waals surface area contributed by atoms with Crippen molar-refractivity contribution in [3.8, 4) is 18.1 Å². The molecule has 4 aliphatic carbocycles. The third kappa shape index (κ3) is 2.58. The van der Waals surface area contributed by atoms with Gasteiger partial charge in [-0.2, -0.15) is 10.1 Å². The Morgan fingerprint density at radius 1 is 1.24 bits per heavy atom. The van der Waals surface area contributed by atoms with Crippen LogP contribution in [0.4, 0.5) is 5.69 Å². The molecule has 1 aromatic carbocycles. The van der Waals surface area contributed by atoms with E-state index in [0.717, 1.165) is 11.4 Å². The van der Waals surface area contributed by atoms with E-state index in [-0.39, 0.29) is 59.1 Å². The van der Waals surface area contributed by atoms with E-state index >= 15 is 0 Å². The quantitative estimate of drug-likeness (QED) is 0.191. The molecule has 0 unspecified atom stereocenters. The SMILES string of the molecule is C#CCOc1ccc([N+](=O)[O-])cc1/C=N\N1C(=O)[C@@H]2[C@H]3C=C[C@@H]([C@@H]4C[C@H]34)[C@H]2C1=O. The fourth-order valence-electron chi connectivity index (χ4n) is 5.18. The topological polar surface area (TPSA) is 102 Å². The van der Waals surface area contributed by atoms with Gasteiger partial charge in [-0.3, -0.25) is 19.7 Å². The van der Waals surface area contributed by atoms with Gasteiger partial charge >= 0.3 is 0 Å². The largest absolute Gasteiger partial charge is 0.480 e. The minimum Gasteiger partial charge on any atom is -0.480 e. The van der Waals surface area contributed by atoms with E-state index < -0.39 is 4.92 Å². The number of benzene rings is 1. The molecule has 2 saturated carbocycles. The maximum Gasteiger partial charge on any atom is 0.270 e. The number of terminal acetylenes is 1. The number of rotatable bonds is 5. The van der Waals surface area contributed by atoms with Crippen molar-refractivity contribution in [2.24, 2.45) is 40.6 Å². The highest BCUT2D eigenvalue weighted by Crippen LogP contribution is 2.65. The standard InChI is InChI=1S/C21H17N3O5/c1-2-7-29-17-6-3-12(24(27)28)8-11(17)10-22-23-20(25)18-13-4-5-14(16-9-15(13)16)19(18)21(23)26/h1,3-6,8,10,13-16,18-19H,7,9H2/b22-10-/t13-,14-,15-,16+,18+,19+/m0/s1. The Morgan fingerprint density at radius 2 is 1.90 bits per heavy atom. The van der Waals surface area contributed by atoms with Crippen molar-refractivity contribution in [1.29, 1.82) is 0 Å². The Balaban J connectivity index is 1.44. The molecule has 1 heterocycles. The fourth-order valence-corrected chi connectivity index (χ4v) is 5.18. The molecule has 1 saturated heterocycles. The van der Waals surface area contributed by atoms with Crippen molar-refractivity contribution in [3.63, 3.8) is 0 Å². The van der Waals surface area contributed by atoms with Crippen LogP contribution in [-0.2, 0) is 9.59 Å². The number of hydrogen-bond donors (Lipinski definition) is 0. The van der Waals surface area contributed by atoms with Crippen LogP contribution in [0.15, 0.2) is 35.5 Å². The zero-order chi connectivity index (χ0) is 20.3. The van der Waals surface area contributed by atoms with Gasteiger partial charge in [0.05, 0.1) is 23.0 Å². The number of carbonyl (C=O) groups is 2. The molecule has 6 atom stereocenters. The normalized spacial score (nSPS) is 33.6. The number of nitrogens with zero attached hydrogens (tertiary/aromatic N) is 3. The Kier molecular flexibility index (Phi) is 3.81. The zero-order valence-corrected chi connectivity index (χ0v) is 15.3. The molecule has 29 heavy (non-hydrogen) atoms. The second-order valence-electron chi connectivity index (χ2n) is 7.86. The summed E-state index contributed by atoms with van der Waals surface area (Å²) < 4.78 is 5.40. The first-order valence-electron chi connectivity index (χ1n) is 9.46. The summed E-state index contributed by atoms with van der Waals surface area (Å²) in [6.07, 6.45) is 11.7. The number of non-ortho nitro benzene ring substituents is 1. The van der Waals surface area contributed by atoms with Gasteiger partial charge in [-0.1, -0.05) is 18.1 Å². The number of hydrogen-bond acceptors (Lipinski definition) is 6. The lowest BCUT2D eigenvalue weighted by atomic mass is 9.63. The number of nitro groups is 1. The van der Waals surface area contributed by atoms with Crippen molar-refractivity contribution in [2.75, 3.05) is 6.61 Å². The lowest BCUT2D eigenvalue weighted by Crippen LogP contribution is -2.40. The third-order valence-electron chi connectivity index (χ3n) is 6.47. The molecule has 8 nitrogen and oxygen atoms in total. The molecule has 3 fully saturated rings. The molecule has 1 aromatic rings. The summed E-state index contributed by atoms with van der Waals surface area (Å²) in [6, 6.07) is 3.98. The van der Waals surface area contributed by atoms with E-state index in [9.17, 15) is 19.7 Å². The number of carbonyl (C=O) groups excluding carboxylic acids is 2. The molecule has 0 aromatic heterocycles. The number of amides is 2. The van der Waals surface area contributed by atoms with E-state index in [4.69, 9.17) is 11.2 Å². The minimum atomic E-state index is -0.543. The highest BCUT2D eigenvalue weighted by Gasteiger charge is 2.67. The van der Waals surface area contributed by atoms with E-state index in [0.29, 0.717) is 11.8 Å². The molecule has 0 spiro atoms. The summed E-state index contributed by atoms with van der Waals surface area (Å²) in [7, 11) is 0. The highest BCUT2D eigenvalue weighted by atomic mass is 16.6. The predicted octanol–water partition coefficient (Wildman–Crippen LogP) is 1.99. The van der Waals surface area contributed by atoms with Gasteiger partial charge in [0.25, 0.3) is 17.5 Å². The Labute approximate surface area is 166 Å². The van der Waals surface area contributed by atoms with Crippen molar-refractivity contribution in [3.05, 3.63) is 46.0 Å². The number of nitro benzene ring substituents is 1. The molecule has 8 heteroatoms. The molecular weight excluding hydrogens is 374 g/mol. The lowest BCUT2D eigenvalue weighted by molar-refractivity contribution is -0.384. The van der Waals surface area contributed by atoms with Crippen molar-refractivity contribution < 1.29 is 19.2 Å². The second kappa shape index (κ2) is 6.27. The van der Waals surface area contributed by atoms with Crippen LogP contribution in [0.3, 0.4) is 0 Å². The first-order chi connectivity index (χ1) is 14.0. The van der Waals surface area contributed by atoms with Crippen molar-refractivity contribution in [1.82, 2.24) is 5.01 Å². The second-order valence-corrected chi connectivity index (χ2v) is 7.86. The maximum atomic E-state index is 12.9. The van der Waals surface area contributed by atoms with Crippen LogP contribution in [0.25, 0.3) is 0 Å². The van der Waals surface area contributed by atoms with Crippen LogP contribution in [0.1, 0.15) is 12.0 Å². The summed E-state index contributed by atoms with van der Waals surface area (Å²) in [5, 5.41) is 16.1. The molecular formula is C21H17N3O5. The van der Waals surface area contributed by atoms with E-state index in [1.54, 1.807) is 0 Å². The van der Waals surface area contributed by atoms with Crippen LogP contribution in [0.2, 0.25) is 0 Å². The van der Waals surface area contributed by atoms with Gasteiger partial charge in [-0.15, -0.1) is 6.42 Å². The Morgan fingerprint density at radius 3 is 2.48 bits per heavy atom. The number of allylic oxidation sites excluding steroid dienone is 2. The summed E-state index contributed by atoms with van der Waals surface area (Å²) >= 11 is 0. The van der Waals surface area contributed by atoms with Crippen molar-refractivity contribution in [2.45, 2.75) is 6.42 Å². The molecule has 5 aliphatic rings. The molecule has 2 amide bonds. The molecule has 6 rings (SSSR count). The number of imide groups is 1. The van der Waals surface area contributed by atoms with Gasteiger partial charge in [0.2, 0.25) is 0 Å². The predicted molar refractivity (Wildman–Crippen MR) is 102 cm³/mol. The van der Waals surface area contributed by atoms with Gasteiger partial charge < -0.3 is 4.74 Å². The van der Waals surface area contributed by atoms with E-state index in [2.05, 4.69) is 23.2 Å².